The van der Waals surface area contributed by atoms with Crippen LogP contribution in [0.2, 0.25) is 0 Å². The fourth-order valence-corrected chi connectivity index (χ4v) is 5.57. The first kappa shape index (κ1) is 24.1. The standard InChI is InChI=1S/C26H26FN2O4P/c1-29(34(30,31-2)33-24-7-4-3-5-8-24)16-6-15-26(22-10-12-23(27)13-11-22)25-14-9-20(18-28)17-21(25)19-32-26/h3-5,7-14,17H,6,15-16,19H2,1-2H3. The number of para-hydroxylation sites is 1. The number of rotatable bonds is 9. The van der Waals surface area contributed by atoms with Crippen molar-refractivity contribution >= 4 is 7.75 Å². The number of ether oxygens (including phenoxy) is 1. The van der Waals surface area contributed by atoms with Gasteiger partial charge in [0, 0.05) is 13.7 Å². The molecule has 176 valence electrons. The molecule has 2 atom stereocenters. The minimum Gasteiger partial charge on any atom is -0.413 e. The number of benzene rings is 3. The molecule has 0 amide bonds. The van der Waals surface area contributed by atoms with E-state index in [1.165, 1.54) is 19.2 Å². The van der Waals surface area contributed by atoms with Crippen molar-refractivity contribution in [2.75, 3.05) is 20.7 Å². The van der Waals surface area contributed by atoms with E-state index in [0.29, 0.717) is 37.3 Å². The van der Waals surface area contributed by atoms with Crippen LogP contribution < -0.4 is 4.52 Å². The molecule has 0 spiro atoms. The minimum atomic E-state index is -3.54. The van der Waals surface area contributed by atoms with Gasteiger partial charge in [0.2, 0.25) is 0 Å². The normalized spacial score (nSPS) is 18.8. The van der Waals surface area contributed by atoms with Gasteiger partial charge in [-0.3, -0.25) is 4.52 Å². The minimum absolute atomic E-state index is 0.323. The van der Waals surface area contributed by atoms with Crippen LogP contribution in [0.3, 0.4) is 0 Å². The molecule has 0 saturated heterocycles. The predicted octanol–water partition coefficient (Wildman–Crippen LogP) is 6.02. The van der Waals surface area contributed by atoms with E-state index in [0.717, 1.165) is 16.7 Å². The number of nitrogens with zero attached hydrogens (tertiary/aromatic N) is 2. The molecular weight excluding hydrogens is 454 g/mol. The fourth-order valence-electron chi connectivity index (χ4n) is 4.30. The van der Waals surface area contributed by atoms with Crippen molar-refractivity contribution in [3.8, 4) is 11.8 Å². The van der Waals surface area contributed by atoms with Crippen molar-refractivity contribution in [3.05, 3.63) is 101 Å². The summed E-state index contributed by atoms with van der Waals surface area (Å²) in [4.78, 5) is 0. The molecule has 0 fully saturated rings. The summed E-state index contributed by atoms with van der Waals surface area (Å²) in [7, 11) is -0.486. The lowest BCUT2D eigenvalue weighted by molar-refractivity contribution is -0.0137. The molecule has 0 saturated carbocycles. The second-order valence-electron chi connectivity index (χ2n) is 8.15. The molecule has 3 aromatic carbocycles. The van der Waals surface area contributed by atoms with Crippen LogP contribution in [0.1, 0.15) is 35.1 Å². The van der Waals surface area contributed by atoms with E-state index in [2.05, 4.69) is 6.07 Å². The first-order valence-electron chi connectivity index (χ1n) is 11.0. The van der Waals surface area contributed by atoms with Gasteiger partial charge < -0.3 is 9.26 Å². The number of hydrogen-bond acceptors (Lipinski definition) is 5. The van der Waals surface area contributed by atoms with Crippen molar-refractivity contribution in [2.24, 2.45) is 0 Å². The van der Waals surface area contributed by atoms with Crippen LogP contribution in [0.5, 0.6) is 5.75 Å². The Morgan fingerprint density at radius 1 is 1.15 bits per heavy atom. The van der Waals surface area contributed by atoms with Crippen LogP contribution in [-0.2, 0) is 26.0 Å². The van der Waals surface area contributed by atoms with E-state index >= 15 is 0 Å². The third-order valence-corrected chi connectivity index (χ3v) is 8.02. The highest BCUT2D eigenvalue weighted by Gasteiger charge is 2.42. The third kappa shape index (κ3) is 4.77. The van der Waals surface area contributed by atoms with Gasteiger partial charge in [-0.25, -0.2) is 13.6 Å². The Morgan fingerprint density at radius 2 is 1.88 bits per heavy atom. The monoisotopic (exact) mass is 480 g/mol. The third-order valence-electron chi connectivity index (χ3n) is 6.08. The van der Waals surface area contributed by atoms with Crippen LogP contribution in [0.15, 0.2) is 72.8 Å². The highest BCUT2D eigenvalue weighted by molar-refractivity contribution is 7.51. The quantitative estimate of drug-likeness (QED) is 0.349. The Balaban J connectivity index is 1.55. The van der Waals surface area contributed by atoms with Crippen LogP contribution in [-0.4, -0.2) is 25.4 Å². The maximum Gasteiger partial charge on any atom is 0.460 e. The van der Waals surface area contributed by atoms with Gasteiger partial charge in [-0.05, 0) is 73.0 Å². The summed E-state index contributed by atoms with van der Waals surface area (Å²) in [6.45, 7) is 0.765. The van der Waals surface area contributed by atoms with Crippen molar-refractivity contribution < 1.29 is 22.7 Å². The first-order valence-corrected chi connectivity index (χ1v) is 12.5. The summed E-state index contributed by atoms with van der Waals surface area (Å²) < 4.78 is 45.9. The van der Waals surface area contributed by atoms with E-state index in [1.54, 1.807) is 54.2 Å². The molecule has 1 heterocycles. The molecule has 8 heteroatoms. The number of halogens is 1. The summed E-state index contributed by atoms with van der Waals surface area (Å²) in [6.07, 6.45) is 1.15. The zero-order valence-electron chi connectivity index (χ0n) is 19.1. The van der Waals surface area contributed by atoms with Crippen molar-refractivity contribution in [3.63, 3.8) is 0 Å². The average molecular weight is 480 g/mol. The van der Waals surface area contributed by atoms with Crippen LogP contribution in [0.4, 0.5) is 4.39 Å². The van der Waals surface area contributed by atoms with Gasteiger partial charge in [-0.1, -0.05) is 36.4 Å². The molecule has 34 heavy (non-hydrogen) atoms. The Hall–Kier alpha value is -3.01. The maximum atomic E-state index is 13.7. The molecule has 0 bridgehead atoms. The van der Waals surface area contributed by atoms with Crippen molar-refractivity contribution in [1.29, 1.82) is 5.26 Å². The zero-order chi connectivity index (χ0) is 24.2. The van der Waals surface area contributed by atoms with E-state index < -0.39 is 13.3 Å². The lowest BCUT2D eigenvalue weighted by Crippen LogP contribution is -2.29. The lowest BCUT2D eigenvalue weighted by atomic mass is 9.81. The lowest BCUT2D eigenvalue weighted by Gasteiger charge is -2.32. The van der Waals surface area contributed by atoms with Crippen LogP contribution in [0, 0.1) is 17.1 Å². The number of hydrogen-bond donors (Lipinski definition) is 0. The molecule has 6 nitrogen and oxygen atoms in total. The topological polar surface area (TPSA) is 71.8 Å². The van der Waals surface area contributed by atoms with Gasteiger partial charge in [0.15, 0.2) is 0 Å². The Bertz CT molecular complexity index is 1230. The highest BCUT2D eigenvalue weighted by Crippen LogP contribution is 2.51. The molecule has 1 aliphatic rings. The summed E-state index contributed by atoms with van der Waals surface area (Å²) in [6, 6.07) is 22.9. The molecule has 0 aromatic heterocycles. The molecule has 1 aliphatic heterocycles. The summed E-state index contributed by atoms with van der Waals surface area (Å²) >= 11 is 0. The van der Waals surface area contributed by atoms with Gasteiger partial charge in [0.05, 0.1) is 18.2 Å². The molecule has 0 N–H and O–H groups in total. The Labute approximate surface area is 199 Å². The highest BCUT2D eigenvalue weighted by atomic mass is 31.2. The molecule has 0 aliphatic carbocycles. The summed E-state index contributed by atoms with van der Waals surface area (Å²) in [5.74, 6) is 0.138. The van der Waals surface area contributed by atoms with Crippen molar-refractivity contribution in [1.82, 2.24) is 4.67 Å². The smallest absolute Gasteiger partial charge is 0.413 e. The van der Waals surface area contributed by atoms with E-state index in [1.807, 2.05) is 18.2 Å². The summed E-state index contributed by atoms with van der Waals surface area (Å²) in [5, 5.41) is 9.27. The molecule has 0 radical (unpaired) electrons. The summed E-state index contributed by atoms with van der Waals surface area (Å²) in [5.41, 5.74) is 2.49. The Morgan fingerprint density at radius 3 is 2.56 bits per heavy atom. The van der Waals surface area contributed by atoms with Gasteiger partial charge in [-0.15, -0.1) is 0 Å². The predicted molar refractivity (Wildman–Crippen MR) is 127 cm³/mol. The second-order valence-corrected chi connectivity index (χ2v) is 10.3. The molecule has 4 rings (SSSR count). The largest absolute Gasteiger partial charge is 0.460 e. The fraction of sp³-hybridized carbons (Fsp3) is 0.269. The second kappa shape index (κ2) is 10.1. The first-order chi connectivity index (χ1) is 16.4. The van der Waals surface area contributed by atoms with Gasteiger partial charge in [-0.2, -0.15) is 5.26 Å². The van der Waals surface area contributed by atoms with E-state index in [9.17, 15) is 14.2 Å². The maximum absolute atomic E-state index is 13.7. The zero-order valence-corrected chi connectivity index (χ0v) is 20.0. The molecular formula is C26H26FN2O4P. The SMILES string of the molecule is COP(=O)(Oc1ccccc1)N(C)CCCC1(c2ccc(F)cc2)OCc2cc(C#N)ccc21. The van der Waals surface area contributed by atoms with Gasteiger partial charge in [0.1, 0.15) is 17.2 Å². The van der Waals surface area contributed by atoms with Crippen LogP contribution in [0.25, 0.3) is 0 Å². The van der Waals surface area contributed by atoms with E-state index in [-0.39, 0.29) is 5.82 Å². The van der Waals surface area contributed by atoms with Gasteiger partial charge in [0.25, 0.3) is 0 Å². The number of nitriles is 1. The average Bonchev–Trinajstić information content (AvgIpc) is 3.23. The van der Waals surface area contributed by atoms with Crippen LogP contribution >= 0.6 is 7.75 Å². The van der Waals surface area contributed by atoms with Gasteiger partial charge >= 0.3 is 7.75 Å². The molecule has 2 unspecified atom stereocenters. The molecule has 3 aromatic rings. The number of fused-ring (bicyclic) bond motifs is 1. The van der Waals surface area contributed by atoms with Crippen molar-refractivity contribution in [2.45, 2.75) is 25.0 Å². The Kier molecular flexibility index (Phi) is 7.16. The van der Waals surface area contributed by atoms with E-state index in [4.69, 9.17) is 13.8 Å².